The number of aromatic carboxylic acids is 1. The third-order valence-corrected chi connectivity index (χ3v) is 3.54. The first kappa shape index (κ1) is 13.5. The molecule has 1 aromatic heterocycles. The van der Waals surface area contributed by atoms with Gasteiger partial charge in [0.2, 0.25) is 10.0 Å². The SMILES string of the molecule is Cc1nc2cc(C(=O)O)ccc2n1CCS(N)(=O)=O. The van der Waals surface area contributed by atoms with Gasteiger partial charge in [0.25, 0.3) is 0 Å². The number of carboxylic acid groups (broad SMARTS) is 1. The molecule has 0 spiro atoms. The maximum atomic E-state index is 11.0. The van der Waals surface area contributed by atoms with Gasteiger partial charge in [0, 0.05) is 6.54 Å². The van der Waals surface area contributed by atoms with Gasteiger partial charge in [-0.15, -0.1) is 0 Å². The minimum Gasteiger partial charge on any atom is -0.478 e. The third-order valence-electron chi connectivity index (χ3n) is 2.79. The van der Waals surface area contributed by atoms with Crippen molar-refractivity contribution in [3.05, 3.63) is 29.6 Å². The smallest absolute Gasteiger partial charge is 0.335 e. The number of imidazole rings is 1. The minimum absolute atomic E-state index is 0.142. The highest BCUT2D eigenvalue weighted by Gasteiger charge is 2.12. The lowest BCUT2D eigenvalue weighted by molar-refractivity contribution is 0.0697. The number of carboxylic acids is 1. The van der Waals surface area contributed by atoms with Gasteiger partial charge in [-0.2, -0.15) is 0 Å². The number of aryl methyl sites for hydroxylation is 2. The van der Waals surface area contributed by atoms with Gasteiger partial charge in [-0.05, 0) is 25.1 Å². The summed E-state index contributed by atoms with van der Waals surface area (Å²) in [6.07, 6.45) is 0. The number of benzene rings is 1. The maximum absolute atomic E-state index is 11.0. The summed E-state index contributed by atoms with van der Waals surface area (Å²) in [5.41, 5.74) is 1.35. The zero-order valence-corrected chi connectivity index (χ0v) is 11.0. The van der Waals surface area contributed by atoms with Crippen molar-refractivity contribution in [2.24, 2.45) is 5.14 Å². The zero-order chi connectivity index (χ0) is 14.2. The van der Waals surface area contributed by atoms with E-state index in [1.54, 1.807) is 17.6 Å². The van der Waals surface area contributed by atoms with Crippen LogP contribution in [0.15, 0.2) is 18.2 Å². The highest BCUT2D eigenvalue weighted by Crippen LogP contribution is 2.18. The van der Waals surface area contributed by atoms with Crippen LogP contribution >= 0.6 is 0 Å². The summed E-state index contributed by atoms with van der Waals surface area (Å²) in [7, 11) is -3.55. The molecule has 2 rings (SSSR count). The van der Waals surface area contributed by atoms with E-state index in [9.17, 15) is 13.2 Å². The van der Waals surface area contributed by atoms with Crippen LogP contribution in [0.2, 0.25) is 0 Å². The molecule has 7 nitrogen and oxygen atoms in total. The largest absolute Gasteiger partial charge is 0.478 e. The topological polar surface area (TPSA) is 115 Å². The van der Waals surface area contributed by atoms with Crippen LogP contribution in [-0.4, -0.2) is 34.8 Å². The second kappa shape index (κ2) is 4.63. The number of aromatic nitrogens is 2. The summed E-state index contributed by atoms with van der Waals surface area (Å²) in [4.78, 5) is 15.1. The molecule has 102 valence electrons. The molecule has 0 fully saturated rings. The van der Waals surface area contributed by atoms with E-state index in [0.29, 0.717) is 16.9 Å². The Morgan fingerprint density at radius 1 is 1.47 bits per heavy atom. The van der Waals surface area contributed by atoms with E-state index in [1.807, 2.05) is 0 Å². The van der Waals surface area contributed by atoms with Crippen molar-refractivity contribution in [3.8, 4) is 0 Å². The Morgan fingerprint density at radius 2 is 2.16 bits per heavy atom. The Morgan fingerprint density at radius 3 is 2.74 bits per heavy atom. The number of hydrogen-bond donors (Lipinski definition) is 2. The molecule has 0 amide bonds. The Bertz CT molecular complexity index is 749. The quantitative estimate of drug-likeness (QED) is 0.839. The Labute approximate surface area is 109 Å². The lowest BCUT2D eigenvalue weighted by Crippen LogP contribution is -2.20. The van der Waals surface area contributed by atoms with Crippen LogP contribution in [0.4, 0.5) is 0 Å². The lowest BCUT2D eigenvalue weighted by atomic mass is 10.2. The molecule has 0 aliphatic heterocycles. The molecular formula is C11H13N3O4S. The van der Waals surface area contributed by atoms with Crippen molar-refractivity contribution in [2.45, 2.75) is 13.5 Å². The summed E-state index contributed by atoms with van der Waals surface area (Å²) in [5, 5.41) is 13.9. The van der Waals surface area contributed by atoms with Crippen molar-refractivity contribution >= 4 is 27.0 Å². The first-order valence-corrected chi connectivity index (χ1v) is 7.20. The summed E-state index contributed by atoms with van der Waals surface area (Å²) in [6, 6.07) is 4.53. The molecule has 0 radical (unpaired) electrons. The number of sulfonamides is 1. The highest BCUT2D eigenvalue weighted by molar-refractivity contribution is 7.89. The normalized spacial score (nSPS) is 11.9. The summed E-state index contributed by atoms with van der Waals surface area (Å²) in [5.74, 6) is -0.611. The molecule has 0 unspecified atom stereocenters. The fourth-order valence-electron chi connectivity index (χ4n) is 1.88. The number of primary sulfonamides is 1. The monoisotopic (exact) mass is 283 g/mol. The van der Waals surface area contributed by atoms with Gasteiger partial charge in [0.05, 0.1) is 22.3 Å². The number of nitrogens with zero attached hydrogens (tertiary/aromatic N) is 2. The van der Waals surface area contributed by atoms with E-state index < -0.39 is 16.0 Å². The van der Waals surface area contributed by atoms with Crippen LogP contribution in [0, 0.1) is 6.92 Å². The van der Waals surface area contributed by atoms with Crippen LogP contribution in [0.5, 0.6) is 0 Å². The van der Waals surface area contributed by atoms with E-state index in [1.165, 1.54) is 12.1 Å². The van der Waals surface area contributed by atoms with Crippen LogP contribution in [0.1, 0.15) is 16.2 Å². The summed E-state index contributed by atoms with van der Waals surface area (Å²) in [6.45, 7) is 1.91. The average molecular weight is 283 g/mol. The van der Waals surface area contributed by atoms with Crippen molar-refractivity contribution in [2.75, 3.05) is 5.75 Å². The average Bonchev–Trinajstić information content (AvgIpc) is 2.59. The molecule has 3 N–H and O–H groups in total. The van der Waals surface area contributed by atoms with E-state index >= 15 is 0 Å². The fraction of sp³-hybridized carbons (Fsp3) is 0.273. The predicted octanol–water partition coefficient (Wildman–Crippen LogP) is 0.331. The van der Waals surface area contributed by atoms with Crippen LogP contribution in [0.3, 0.4) is 0 Å². The molecule has 0 bridgehead atoms. The maximum Gasteiger partial charge on any atom is 0.335 e. The van der Waals surface area contributed by atoms with Gasteiger partial charge in [-0.3, -0.25) is 0 Å². The van der Waals surface area contributed by atoms with Crippen molar-refractivity contribution in [1.82, 2.24) is 9.55 Å². The number of carbonyl (C=O) groups is 1. The van der Waals surface area contributed by atoms with E-state index in [0.717, 1.165) is 0 Å². The second-order valence-corrected chi connectivity index (χ2v) is 5.92. The van der Waals surface area contributed by atoms with Gasteiger partial charge in [0.1, 0.15) is 5.82 Å². The Balaban J connectivity index is 2.45. The molecule has 0 aliphatic rings. The Kier molecular flexibility index (Phi) is 3.29. The van der Waals surface area contributed by atoms with Crippen molar-refractivity contribution < 1.29 is 18.3 Å². The number of fused-ring (bicyclic) bond motifs is 1. The standard InChI is InChI=1S/C11H13N3O4S/c1-7-13-9-6-8(11(15)16)2-3-10(9)14(7)4-5-19(12,17)18/h2-3,6H,4-5H2,1H3,(H,15,16)(H2,12,17,18). The zero-order valence-electron chi connectivity index (χ0n) is 10.2. The van der Waals surface area contributed by atoms with Crippen molar-refractivity contribution in [3.63, 3.8) is 0 Å². The highest BCUT2D eigenvalue weighted by atomic mass is 32.2. The van der Waals surface area contributed by atoms with Crippen molar-refractivity contribution in [1.29, 1.82) is 0 Å². The molecule has 8 heteroatoms. The third kappa shape index (κ3) is 2.91. The first-order valence-electron chi connectivity index (χ1n) is 5.48. The molecule has 1 aromatic carbocycles. The molecule has 2 aromatic rings. The summed E-state index contributed by atoms with van der Waals surface area (Å²) >= 11 is 0. The molecular weight excluding hydrogens is 270 g/mol. The molecule has 0 saturated heterocycles. The molecule has 0 aliphatic carbocycles. The lowest BCUT2D eigenvalue weighted by Gasteiger charge is -2.05. The van der Waals surface area contributed by atoms with Crippen LogP contribution < -0.4 is 5.14 Å². The first-order chi connectivity index (χ1) is 8.78. The van der Waals surface area contributed by atoms with Gasteiger partial charge < -0.3 is 9.67 Å². The van der Waals surface area contributed by atoms with Crippen LogP contribution in [0.25, 0.3) is 11.0 Å². The van der Waals surface area contributed by atoms with Crippen LogP contribution in [-0.2, 0) is 16.6 Å². The van der Waals surface area contributed by atoms with Gasteiger partial charge in [-0.1, -0.05) is 0 Å². The summed E-state index contributed by atoms with van der Waals surface area (Å²) < 4.78 is 23.7. The van der Waals surface area contributed by atoms with Gasteiger partial charge >= 0.3 is 5.97 Å². The predicted molar refractivity (Wildman–Crippen MR) is 69.4 cm³/mol. The van der Waals surface area contributed by atoms with E-state index in [-0.39, 0.29) is 17.9 Å². The molecule has 0 atom stereocenters. The second-order valence-electron chi connectivity index (χ2n) is 4.19. The minimum atomic E-state index is -3.55. The van der Waals surface area contributed by atoms with E-state index in [4.69, 9.17) is 10.2 Å². The fourth-order valence-corrected chi connectivity index (χ4v) is 2.32. The van der Waals surface area contributed by atoms with E-state index in [2.05, 4.69) is 4.98 Å². The van der Waals surface area contributed by atoms with Gasteiger partial charge in [-0.25, -0.2) is 23.3 Å². The molecule has 0 saturated carbocycles. The molecule has 1 heterocycles. The van der Waals surface area contributed by atoms with Gasteiger partial charge in [0.15, 0.2) is 0 Å². The number of nitrogens with two attached hydrogens (primary N) is 1. The number of hydrogen-bond acceptors (Lipinski definition) is 4. The molecule has 19 heavy (non-hydrogen) atoms. The Hall–Kier alpha value is -1.93. The number of rotatable bonds is 4.